The lowest BCUT2D eigenvalue weighted by Gasteiger charge is -2.21. The first kappa shape index (κ1) is 14.6. The Morgan fingerprint density at radius 2 is 2.00 bits per heavy atom. The van der Waals surface area contributed by atoms with E-state index in [4.69, 9.17) is 46.7 Å². The van der Waals surface area contributed by atoms with Crippen molar-refractivity contribution in [3.05, 3.63) is 0 Å². The number of hydrogen-bond acceptors (Lipinski definition) is 2. The molecule has 0 spiro atoms. The molecule has 0 aliphatic carbocycles. The first-order chi connectivity index (χ1) is 6.58. The number of alkyl halides is 3. The summed E-state index contributed by atoms with van der Waals surface area (Å²) in [5.74, 6) is -0.627. The van der Waals surface area contributed by atoms with E-state index >= 15 is 0 Å². The van der Waals surface area contributed by atoms with Crippen molar-refractivity contribution in [2.45, 2.75) is 30.5 Å². The van der Waals surface area contributed by atoms with E-state index in [0.717, 1.165) is 0 Å². The highest BCUT2D eigenvalue weighted by atomic mass is 35.5. The van der Waals surface area contributed by atoms with Crippen LogP contribution >= 0.6 is 46.7 Å². The first-order valence-electron chi connectivity index (χ1n) is 4.25. The molecule has 6 heteroatoms. The van der Waals surface area contributed by atoms with Gasteiger partial charge < -0.3 is 4.29 Å². The predicted octanol–water partition coefficient (Wildman–Crippen LogP) is 3.55. The van der Waals surface area contributed by atoms with Crippen molar-refractivity contribution in [1.82, 2.24) is 0 Å². The smallest absolute Gasteiger partial charge is 0.329 e. The highest BCUT2D eigenvalue weighted by Crippen LogP contribution is 2.25. The highest BCUT2D eigenvalue weighted by Gasteiger charge is 2.31. The number of rotatable bonds is 6. The summed E-state index contributed by atoms with van der Waals surface area (Å²) in [6.07, 6.45) is 1.08. The molecule has 0 saturated carbocycles. The van der Waals surface area contributed by atoms with Gasteiger partial charge in [-0.3, -0.25) is 4.79 Å². The zero-order valence-electron chi connectivity index (χ0n) is 7.68. The van der Waals surface area contributed by atoms with Crippen LogP contribution in [0.2, 0.25) is 0 Å². The molecular formula is C8H12Cl4O2. The Morgan fingerprint density at radius 3 is 2.36 bits per heavy atom. The fraction of sp³-hybridized carbons (Fsp3) is 0.875. The molecule has 3 unspecified atom stereocenters. The van der Waals surface area contributed by atoms with E-state index in [1.807, 2.05) is 6.92 Å². The Kier molecular flexibility index (Phi) is 8.22. The minimum atomic E-state index is -0.547. The molecule has 0 aromatic heterocycles. The maximum absolute atomic E-state index is 11.2. The average Bonchev–Trinajstić information content (AvgIpc) is 2.18. The van der Waals surface area contributed by atoms with Gasteiger partial charge in [0.1, 0.15) is 11.9 Å². The Labute approximate surface area is 104 Å². The zero-order chi connectivity index (χ0) is 11.1. The van der Waals surface area contributed by atoms with Gasteiger partial charge in [0.15, 0.2) is 0 Å². The normalized spacial score (nSPS) is 17.2. The summed E-state index contributed by atoms with van der Waals surface area (Å²) in [7, 11) is 0. The fourth-order valence-electron chi connectivity index (χ4n) is 1.09. The average molecular weight is 282 g/mol. The SMILES string of the molecule is CCC(C(=O)OCl)C(Cl)C(Cl)CCCl. The van der Waals surface area contributed by atoms with E-state index < -0.39 is 17.3 Å². The van der Waals surface area contributed by atoms with Crippen molar-refractivity contribution in [2.75, 3.05) is 5.88 Å². The van der Waals surface area contributed by atoms with E-state index in [0.29, 0.717) is 18.7 Å². The summed E-state index contributed by atoms with van der Waals surface area (Å²) in [5, 5.41) is -0.860. The number of halogens is 4. The maximum Gasteiger partial charge on any atom is 0.329 e. The number of carbonyl (C=O) groups is 1. The standard InChI is InChI=1S/C8H12Cl4O2/c1-2-5(8(13)14-12)7(11)6(10)3-4-9/h5-7H,2-4H2,1H3. The second kappa shape index (κ2) is 7.86. The van der Waals surface area contributed by atoms with Crippen molar-refractivity contribution in [1.29, 1.82) is 0 Å². The van der Waals surface area contributed by atoms with Gasteiger partial charge >= 0.3 is 5.97 Å². The molecule has 0 aliphatic rings. The van der Waals surface area contributed by atoms with Crippen LogP contribution in [0.4, 0.5) is 0 Å². The van der Waals surface area contributed by atoms with Crippen LogP contribution in [0, 0.1) is 5.92 Å². The van der Waals surface area contributed by atoms with Crippen LogP contribution in [0.5, 0.6) is 0 Å². The number of carbonyl (C=O) groups excluding carboxylic acids is 1. The van der Waals surface area contributed by atoms with Gasteiger partial charge in [0.2, 0.25) is 0 Å². The molecule has 0 heterocycles. The van der Waals surface area contributed by atoms with Crippen molar-refractivity contribution in [2.24, 2.45) is 5.92 Å². The van der Waals surface area contributed by atoms with Crippen LogP contribution in [0.3, 0.4) is 0 Å². The molecule has 3 atom stereocenters. The quantitative estimate of drug-likeness (QED) is 0.696. The minimum Gasteiger partial charge on any atom is -0.347 e. The molecule has 0 amide bonds. The maximum atomic E-state index is 11.2. The van der Waals surface area contributed by atoms with Gasteiger partial charge in [-0.2, -0.15) is 0 Å². The molecule has 14 heavy (non-hydrogen) atoms. The third-order valence-electron chi connectivity index (χ3n) is 1.93. The molecule has 0 aliphatic heterocycles. The number of hydrogen-bond donors (Lipinski definition) is 0. The molecule has 0 fully saturated rings. The fourth-order valence-corrected chi connectivity index (χ4v) is 2.25. The van der Waals surface area contributed by atoms with Gasteiger partial charge in [0.05, 0.1) is 16.7 Å². The van der Waals surface area contributed by atoms with Crippen LogP contribution in [-0.2, 0) is 9.08 Å². The van der Waals surface area contributed by atoms with Gasteiger partial charge in [-0.25, -0.2) is 0 Å². The summed E-state index contributed by atoms with van der Waals surface area (Å²) in [6, 6.07) is 0. The molecule has 2 nitrogen and oxygen atoms in total. The topological polar surface area (TPSA) is 26.3 Å². The predicted molar refractivity (Wildman–Crippen MR) is 60.3 cm³/mol. The molecule has 0 radical (unpaired) electrons. The van der Waals surface area contributed by atoms with Crippen LogP contribution in [0.25, 0.3) is 0 Å². The van der Waals surface area contributed by atoms with E-state index in [2.05, 4.69) is 4.29 Å². The lowest BCUT2D eigenvalue weighted by Crippen LogP contribution is -2.31. The van der Waals surface area contributed by atoms with Crippen LogP contribution in [-0.4, -0.2) is 22.6 Å². The van der Waals surface area contributed by atoms with Gasteiger partial charge in [-0.05, 0) is 12.8 Å². The van der Waals surface area contributed by atoms with Crippen LogP contribution in [0.15, 0.2) is 0 Å². The Balaban J connectivity index is 4.29. The molecule has 0 bridgehead atoms. The summed E-state index contributed by atoms with van der Waals surface area (Å²) in [6.45, 7) is 1.82. The van der Waals surface area contributed by atoms with E-state index in [-0.39, 0.29) is 5.38 Å². The van der Waals surface area contributed by atoms with Gasteiger partial charge in [0.25, 0.3) is 0 Å². The summed E-state index contributed by atoms with van der Waals surface area (Å²) in [5.41, 5.74) is 0. The van der Waals surface area contributed by atoms with Gasteiger partial charge in [0, 0.05) is 5.88 Å². The molecule has 0 aromatic carbocycles. The summed E-state index contributed by atoms with van der Waals surface area (Å²) < 4.78 is 4.11. The summed E-state index contributed by atoms with van der Waals surface area (Å²) in [4.78, 5) is 11.2. The monoisotopic (exact) mass is 280 g/mol. The van der Waals surface area contributed by atoms with Gasteiger partial charge in [-0.1, -0.05) is 6.92 Å². The molecule has 0 aromatic rings. The van der Waals surface area contributed by atoms with Gasteiger partial charge in [-0.15, -0.1) is 34.8 Å². The Bertz CT molecular complexity index is 177. The zero-order valence-corrected chi connectivity index (χ0v) is 10.7. The minimum absolute atomic E-state index is 0.352. The molecule has 0 N–H and O–H groups in total. The third kappa shape index (κ3) is 4.43. The second-order valence-corrected chi connectivity index (χ2v) is 4.45. The lowest BCUT2D eigenvalue weighted by atomic mass is 9.99. The highest BCUT2D eigenvalue weighted by molar-refractivity contribution is 6.31. The Hall–Kier alpha value is 0.630. The van der Waals surface area contributed by atoms with Crippen molar-refractivity contribution >= 4 is 52.6 Å². The lowest BCUT2D eigenvalue weighted by molar-refractivity contribution is -0.138. The molecule has 0 rings (SSSR count). The molecular weight excluding hydrogens is 270 g/mol. The van der Waals surface area contributed by atoms with Crippen LogP contribution in [0.1, 0.15) is 19.8 Å². The van der Waals surface area contributed by atoms with E-state index in [1.54, 1.807) is 0 Å². The van der Waals surface area contributed by atoms with Crippen LogP contribution < -0.4 is 0 Å². The van der Waals surface area contributed by atoms with Crippen molar-refractivity contribution in [3.8, 4) is 0 Å². The largest absolute Gasteiger partial charge is 0.347 e. The van der Waals surface area contributed by atoms with Crippen molar-refractivity contribution < 1.29 is 9.08 Å². The Morgan fingerprint density at radius 1 is 1.43 bits per heavy atom. The molecule has 84 valence electrons. The summed E-state index contributed by atoms with van der Waals surface area (Å²) >= 11 is 22.4. The third-order valence-corrected chi connectivity index (χ3v) is 3.53. The van der Waals surface area contributed by atoms with E-state index in [9.17, 15) is 4.79 Å². The second-order valence-electron chi connectivity index (χ2n) is 2.85. The van der Waals surface area contributed by atoms with Crippen molar-refractivity contribution in [3.63, 3.8) is 0 Å². The van der Waals surface area contributed by atoms with E-state index in [1.165, 1.54) is 0 Å². The molecule has 0 saturated heterocycles. The first-order valence-corrected chi connectivity index (χ1v) is 5.96.